The molecule has 0 bridgehead atoms. The Hall–Kier alpha value is -2.71. The molecular weight excluding hydrogens is 432 g/mol. The van der Waals surface area contributed by atoms with Crippen molar-refractivity contribution in [2.75, 3.05) is 0 Å². The fourth-order valence-electron chi connectivity index (χ4n) is 3.92. The van der Waals surface area contributed by atoms with Gasteiger partial charge < -0.3 is 4.74 Å². The molecule has 1 heterocycles. The van der Waals surface area contributed by atoms with Crippen LogP contribution < -0.4 is 4.74 Å². The fraction of sp³-hybridized carbons (Fsp3) is 0.304. The van der Waals surface area contributed by atoms with Crippen molar-refractivity contribution >= 4 is 46.0 Å². The molecular formula is C23H22N2O4S2. The van der Waals surface area contributed by atoms with Crippen molar-refractivity contribution in [2.45, 2.75) is 44.8 Å². The van der Waals surface area contributed by atoms with Crippen LogP contribution in [0.2, 0.25) is 0 Å². The van der Waals surface area contributed by atoms with E-state index < -0.39 is 4.92 Å². The molecule has 0 aromatic heterocycles. The van der Waals surface area contributed by atoms with E-state index in [4.69, 9.17) is 17.0 Å². The van der Waals surface area contributed by atoms with E-state index in [1.165, 1.54) is 24.2 Å². The molecule has 1 aliphatic heterocycles. The van der Waals surface area contributed by atoms with Gasteiger partial charge in [-0.05, 0) is 42.7 Å². The molecule has 1 saturated carbocycles. The number of nitro benzene ring substituents is 1. The Balaban J connectivity index is 1.42. The molecule has 0 N–H and O–H groups in total. The average Bonchev–Trinajstić information content (AvgIpc) is 3.06. The van der Waals surface area contributed by atoms with Crippen LogP contribution in [0.4, 0.5) is 5.69 Å². The molecule has 31 heavy (non-hydrogen) atoms. The predicted molar refractivity (Wildman–Crippen MR) is 126 cm³/mol. The minimum absolute atomic E-state index is 0.00128. The summed E-state index contributed by atoms with van der Waals surface area (Å²) in [5, 5.41) is 11.1. The summed E-state index contributed by atoms with van der Waals surface area (Å²) in [5.41, 5.74) is 1.43. The third kappa shape index (κ3) is 4.97. The summed E-state index contributed by atoms with van der Waals surface area (Å²) in [6.07, 6.45) is 7.42. The Morgan fingerprint density at radius 2 is 1.84 bits per heavy atom. The molecule has 0 spiro atoms. The lowest BCUT2D eigenvalue weighted by atomic mass is 9.94. The lowest BCUT2D eigenvalue weighted by molar-refractivity contribution is -0.385. The van der Waals surface area contributed by atoms with Crippen LogP contribution in [0.1, 0.15) is 43.2 Å². The highest BCUT2D eigenvalue weighted by molar-refractivity contribution is 8.26. The summed E-state index contributed by atoms with van der Waals surface area (Å²) in [7, 11) is 0. The third-order valence-electron chi connectivity index (χ3n) is 5.52. The smallest absolute Gasteiger partial charge is 0.276 e. The second-order valence-corrected chi connectivity index (χ2v) is 9.26. The SMILES string of the molecule is O=C1/C(=C\c2ccc(OCc3ccccc3[N+](=O)[O-])cc2)SC(=S)N1C1CCCCC1. The number of para-hydroxylation sites is 1. The summed E-state index contributed by atoms with van der Waals surface area (Å²) in [4.78, 5) is 26.1. The lowest BCUT2D eigenvalue weighted by Gasteiger charge is -2.29. The largest absolute Gasteiger partial charge is 0.489 e. The first-order chi connectivity index (χ1) is 15.0. The van der Waals surface area contributed by atoms with Crippen molar-refractivity contribution in [3.05, 3.63) is 74.7 Å². The van der Waals surface area contributed by atoms with Gasteiger partial charge in [-0.2, -0.15) is 0 Å². The molecule has 1 amide bonds. The summed E-state index contributed by atoms with van der Waals surface area (Å²) < 4.78 is 6.36. The maximum atomic E-state index is 12.9. The van der Waals surface area contributed by atoms with E-state index in [1.54, 1.807) is 35.2 Å². The van der Waals surface area contributed by atoms with Gasteiger partial charge in [0.2, 0.25) is 0 Å². The molecule has 1 aliphatic carbocycles. The molecule has 0 unspecified atom stereocenters. The lowest BCUT2D eigenvalue weighted by Crippen LogP contribution is -2.39. The van der Waals surface area contributed by atoms with Crippen molar-refractivity contribution in [1.29, 1.82) is 0 Å². The Kier molecular flexibility index (Phi) is 6.67. The summed E-state index contributed by atoms with van der Waals surface area (Å²) in [6.45, 7) is 0.108. The van der Waals surface area contributed by atoms with E-state index in [0.29, 0.717) is 20.5 Å². The number of rotatable bonds is 6. The maximum absolute atomic E-state index is 12.9. The number of nitrogens with zero attached hydrogens (tertiary/aromatic N) is 2. The minimum Gasteiger partial charge on any atom is -0.489 e. The predicted octanol–water partition coefficient (Wildman–Crippen LogP) is 5.71. The van der Waals surface area contributed by atoms with Gasteiger partial charge in [0.05, 0.1) is 15.4 Å². The van der Waals surface area contributed by atoms with Gasteiger partial charge in [0.1, 0.15) is 16.7 Å². The number of carbonyl (C=O) groups excluding carboxylic acids is 1. The number of amides is 1. The van der Waals surface area contributed by atoms with Crippen LogP contribution in [0.25, 0.3) is 6.08 Å². The van der Waals surface area contributed by atoms with Crippen LogP contribution in [-0.2, 0) is 11.4 Å². The third-order valence-corrected chi connectivity index (χ3v) is 6.85. The molecule has 2 fully saturated rings. The van der Waals surface area contributed by atoms with E-state index in [-0.39, 0.29) is 24.2 Å². The van der Waals surface area contributed by atoms with Crippen LogP contribution >= 0.6 is 24.0 Å². The number of benzene rings is 2. The first-order valence-electron chi connectivity index (χ1n) is 10.2. The summed E-state index contributed by atoms with van der Waals surface area (Å²) >= 11 is 6.84. The van der Waals surface area contributed by atoms with Gasteiger partial charge >= 0.3 is 0 Å². The number of carbonyl (C=O) groups is 1. The topological polar surface area (TPSA) is 72.7 Å². The van der Waals surface area contributed by atoms with Gasteiger partial charge in [-0.3, -0.25) is 19.8 Å². The Bertz CT molecular complexity index is 1030. The van der Waals surface area contributed by atoms with Crippen molar-refractivity contribution in [3.8, 4) is 5.75 Å². The molecule has 8 heteroatoms. The van der Waals surface area contributed by atoms with Gasteiger partial charge in [-0.25, -0.2) is 0 Å². The van der Waals surface area contributed by atoms with Crippen molar-refractivity contribution < 1.29 is 14.5 Å². The van der Waals surface area contributed by atoms with Crippen molar-refractivity contribution in [2.24, 2.45) is 0 Å². The number of thiocarbonyl (C=S) groups is 1. The minimum atomic E-state index is -0.411. The maximum Gasteiger partial charge on any atom is 0.276 e. The molecule has 1 saturated heterocycles. The normalized spacial score (nSPS) is 18.6. The van der Waals surface area contributed by atoms with Gasteiger partial charge in [0.15, 0.2) is 0 Å². The van der Waals surface area contributed by atoms with Crippen LogP contribution in [0.15, 0.2) is 53.4 Å². The zero-order chi connectivity index (χ0) is 21.8. The quantitative estimate of drug-likeness (QED) is 0.241. The molecule has 4 rings (SSSR count). The zero-order valence-corrected chi connectivity index (χ0v) is 18.5. The van der Waals surface area contributed by atoms with Gasteiger partial charge in [-0.1, -0.05) is 67.5 Å². The number of hydrogen-bond donors (Lipinski definition) is 0. The number of ether oxygens (including phenoxy) is 1. The second kappa shape index (κ2) is 9.62. The number of nitro groups is 1. The van der Waals surface area contributed by atoms with Crippen LogP contribution in [0.5, 0.6) is 5.75 Å². The molecule has 6 nitrogen and oxygen atoms in total. The summed E-state index contributed by atoms with van der Waals surface area (Å²) in [6, 6.07) is 14.1. The van der Waals surface area contributed by atoms with E-state index in [0.717, 1.165) is 31.2 Å². The van der Waals surface area contributed by atoms with Crippen LogP contribution in [0, 0.1) is 10.1 Å². The second-order valence-electron chi connectivity index (χ2n) is 7.59. The Morgan fingerprint density at radius 1 is 1.13 bits per heavy atom. The summed E-state index contributed by atoms with van der Waals surface area (Å²) in [5.74, 6) is 0.601. The van der Waals surface area contributed by atoms with E-state index in [2.05, 4.69) is 0 Å². The highest BCUT2D eigenvalue weighted by Crippen LogP contribution is 2.37. The molecule has 0 atom stereocenters. The monoisotopic (exact) mass is 454 g/mol. The number of thioether (sulfide) groups is 1. The Labute approximate surface area is 190 Å². The van der Waals surface area contributed by atoms with Crippen molar-refractivity contribution in [3.63, 3.8) is 0 Å². The van der Waals surface area contributed by atoms with Gasteiger partial charge in [-0.15, -0.1) is 0 Å². The van der Waals surface area contributed by atoms with Gasteiger partial charge in [0.25, 0.3) is 11.6 Å². The highest BCUT2D eigenvalue weighted by atomic mass is 32.2. The average molecular weight is 455 g/mol. The van der Waals surface area contributed by atoms with E-state index >= 15 is 0 Å². The van der Waals surface area contributed by atoms with Crippen molar-refractivity contribution in [1.82, 2.24) is 4.90 Å². The first-order valence-corrected chi connectivity index (χ1v) is 11.5. The van der Waals surface area contributed by atoms with Gasteiger partial charge in [0, 0.05) is 12.1 Å². The highest BCUT2D eigenvalue weighted by Gasteiger charge is 2.37. The molecule has 2 aromatic rings. The standard InChI is InChI=1S/C23H22N2O4S2/c26-22-21(31-23(30)24(22)18-7-2-1-3-8-18)14-16-10-12-19(13-11-16)29-15-17-6-4-5-9-20(17)25(27)28/h4-6,9-14,18H,1-3,7-8,15H2/b21-14+. The van der Waals surface area contributed by atoms with E-state index in [9.17, 15) is 14.9 Å². The molecule has 2 aromatic carbocycles. The first kappa shape index (κ1) is 21.5. The molecule has 2 aliphatic rings. The van der Waals surface area contributed by atoms with Crippen LogP contribution in [-0.4, -0.2) is 26.1 Å². The number of hydrogen-bond acceptors (Lipinski definition) is 6. The van der Waals surface area contributed by atoms with E-state index in [1.807, 2.05) is 18.2 Å². The molecule has 160 valence electrons. The Morgan fingerprint density at radius 3 is 2.55 bits per heavy atom. The zero-order valence-electron chi connectivity index (χ0n) is 16.9. The van der Waals surface area contributed by atoms with Crippen LogP contribution in [0.3, 0.4) is 0 Å². The fourth-order valence-corrected chi connectivity index (χ4v) is 5.32. The molecule has 0 radical (unpaired) electrons.